The molecule has 0 spiro atoms. The van der Waals surface area contributed by atoms with Crippen LogP contribution in [0.15, 0.2) is 29.3 Å². The minimum absolute atomic E-state index is 0.152. The SMILES string of the molecule is O=C1CSC(=Nc2ccc(C(F)(F)F)cc2)N1. The van der Waals surface area contributed by atoms with Crippen LogP contribution in [0.25, 0.3) is 0 Å². The molecule has 0 bridgehead atoms. The lowest BCUT2D eigenvalue weighted by Crippen LogP contribution is -2.19. The number of aliphatic imine (C=N–C) groups is 1. The number of carbonyl (C=O) groups is 1. The van der Waals surface area contributed by atoms with E-state index in [0.29, 0.717) is 16.6 Å². The van der Waals surface area contributed by atoms with Crippen LogP contribution >= 0.6 is 11.8 Å². The van der Waals surface area contributed by atoms with Gasteiger partial charge >= 0.3 is 6.18 Å². The van der Waals surface area contributed by atoms with Crippen molar-refractivity contribution in [1.82, 2.24) is 5.32 Å². The van der Waals surface area contributed by atoms with E-state index in [-0.39, 0.29) is 5.91 Å². The van der Waals surface area contributed by atoms with E-state index >= 15 is 0 Å². The van der Waals surface area contributed by atoms with Crippen molar-refractivity contribution in [3.05, 3.63) is 29.8 Å². The average molecular weight is 260 g/mol. The largest absolute Gasteiger partial charge is 0.416 e. The van der Waals surface area contributed by atoms with Gasteiger partial charge in [0.2, 0.25) is 5.91 Å². The van der Waals surface area contributed by atoms with Gasteiger partial charge in [0.05, 0.1) is 17.0 Å². The summed E-state index contributed by atoms with van der Waals surface area (Å²) in [6.07, 6.45) is -4.35. The van der Waals surface area contributed by atoms with Gasteiger partial charge in [-0.1, -0.05) is 11.8 Å². The summed E-state index contributed by atoms with van der Waals surface area (Å²) in [5.74, 6) is 0.139. The molecule has 17 heavy (non-hydrogen) atoms. The van der Waals surface area contributed by atoms with E-state index in [9.17, 15) is 18.0 Å². The second-order valence-electron chi connectivity index (χ2n) is 3.30. The molecule has 90 valence electrons. The number of rotatable bonds is 1. The number of amides is 1. The first-order valence-corrected chi connectivity index (χ1v) is 5.62. The molecule has 1 heterocycles. The van der Waals surface area contributed by atoms with Crippen molar-refractivity contribution in [3.63, 3.8) is 0 Å². The Balaban J connectivity index is 2.16. The van der Waals surface area contributed by atoms with Crippen LogP contribution in [0.5, 0.6) is 0 Å². The molecule has 1 aliphatic heterocycles. The van der Waals surface area contributed by atoms with Crippen molar-refractivity contribution in [2.75, 3.05) is 5.75 Å². The standard InChI is InChI=1S/C10H7F3N2OS/c11-10(12,13)6-1-3-7(4-2-6)14-9-15-8(16)5-17-9/h1-4H,5H2,(H,14,15,16). The molecule has 1 amide bonds. The van der Waals surface area contributed by atoms with Gasteiger partial charge in [-0.25, -0.2) is 4.99 Å². The predicted molar refractivity (Wildman–Crippen MR) is 59.1 cm³/mol. The molecule has 1 fully saturated rings. The molecule has 1 aromatic carbocycles. The first-order chi connectivity index (χ1) is 7.95. The fourth-order valence-corrected chi connectivity index (χ4v) is 1.92. The van der Waals surface area contributed by atoms with Gasteiger partial charge in [0.1, 0.15) is 0 Å². The van der Waals surface area contributed by atoms with Crippen molar-refractivity contribution < 1.29 is 18.0 Å². The molecule has 0 saturated carbocycles. The van der Waals surface area contributed by atoms with Gasteiger partial charge in [0.15, 0.2) is 5.17 Å². The van der Waals surface area contributed by atoms with Gasteiger partial charge in [-0.3, -0.25) is 4.79 Å². The van der Waals surface area contributed by atoms with Crippen LogP contribution in [-0.2, 0) is 11.0 Å². The van der Waals surface area contributed by atoms with Gasteiger partial charge in [-0.05, 0) is 24.3 Å². The van der Waals surface area contributed by atoms with E-state index in [0.717, 1.165) is 12.1 Å². The summed E-state index contributed by atoms with van der Waals surface area (Å²) in [7, 11) is 0. The summed E-state index contributed by atoms with van der Waals surface area (Å²) in [4.78, 5) is 14.9. The average Bonchev–Trinajstić information content (AvgIpc) is 2.63. The number of thioether (sulfide) groups is 1. The van der Waals surface area contributed by atoms with E-state index in [2.05, 4.69) is 10.3 Å². The van der Waals surface area contributed by atoms with Gasteiger partial charge in [0, 0.05) is 0 Å². The number of hydrogen-bond acceptors (Lipinski definition) is 3. The molecule has 1 N–H and O–H groups in total. The lowest BCUT2D eigenvalue weighted by Gasteiger charge is -2.05. The Hall–Kier alpha value is -1.50. The predicted octanol–water partition coefficient (Wildman–Crippen LogP) is 2.56. The maximum absolute atomic E-state index is 12.3. The molecule has 1 aromatic rings. The molecule has 0 unspecified atom stereocenters. The fraction of sp³-hybridized carbons (Fsp3) is 0.200. The zero-order valence-electron chi connectivity index (χ0n) is 8.41. The third-order valence-electron chi connectivity index (χ3n) is 2.01. The maximum Gasteiger partial charge on any atom is 0.416 e. The first-order valence-electron chi connectivity index (χ1n) is 4.64. The number of halogens is 3. The van der Waals surface area contributed by atoms with Crippen molar-refractivity contribution in [1.29, 1.82) is 0 Å². The lowest BCUT2D eigenvalue weighted by atomic mass is 10.2. The van der Waals surface area contributed by atoms with Crippen LogP contribution in [0.1, 0.15) is 5.56 Å². The summed E-state index contributed by atoms with van der Waals surface area (Å²) in [6, 6.07) is 4.45. The van der Waals surface area contributed by atoms with E-state index in [1.54, 1.807) is 0 Å². The highest BCUT2D eigenvalue weighted by atomic mass is 32.2. The number of alkyl halides is 3. The fourth-order valence-electron chi connectivity index (χ4n) is 1.23. The third-order valence-corrected chi connectivity index (χ3v) is 2.88. The Kier molecular flexibility index (Phi) is 3.10. The molecule has 1 saturated heterocycles. The Bertz CT molecular complexity index is 467. The molecule has 0 atom stereocenters. The van der Waals surface area contributed by atoms with Crippen molar-refractivity contribution >= 4 is 28.5 Å². The number of nitrogens with one attached hydrogen (secondary N) is 1. The lowest BCUT2D eigenvalue weighted by molar-refractivity contribution is -0.137. The van der Waals surface area contributed by atoms with Crippen molar-refractivity contribution in [2.45, 2.75) is 6.18 Å². The summed E-state index contributed by atoms with van der Waals surface area (Å²) in [5, 5.41) is 2.91. The zero-order valence-corrected chi connectivity index (χ0v) is 9.23. The molecule has 7 heteroatoms. The second-order valence-corrected chi connectivity index (χ2v) is 4.26. The highest BCUT2D eigenvalue weighted by Crippen LogP contribution is 2.30. The van der Waals surface area contributed by atoms with Gasteiger partial charge in [-0.2, -0.15) is 13.2 Å². The van der Waals surface area contributed by atoms with Gasteiger partial charge < -0.3 is 5.32 Å². The molecule has 0 aliphatic carbocycles. The van der Waals surface area contributed by atoms with E-state index in [1.807, 2.05) is 0 Å². The minimum atomic E-state index is -4.35. The van der Waals surface area contributed by atoms with E-state index in [1.165, 1.54) is 23.9 Å². The van der Waals surface area contributed by atoms with Gasteiger partial charge in [0.25, 0.3) is 0 Å². The molecule has 1 aliphatic rings. The molecular weight excluding hydrogens is 253 g/mol. The highest BCUT2D eigenvalue weighted by Gasteiger charge is 2.29. The van der Waals surface area contributed by atoms with E-state index in [4.69, 9.17) is 0 Å². The second kappa shape index (κ2) is 4.40. The third kappa shape index (κ3) is 3.00. The van der Waals surface area contributed by atoms with Crippen LogP contribution in [0, 0.1) is 0 Å². The van der Waals surface area contributed by atoms with Crippen LogP contribution in [0.3, 0.4) is 0 Å². The Morgan fingerprint density at radius 1 is 1.24 bits per heavy atom. The Morgan fingerprint density at radius 2 is 1.88 bits per heavy atom. The number of hydrogen-bond donors (Lipinski definition) is 1. The Morgan fingerprint density at radius 3 is 2.35 bits per heavy atom. The topological polar surface area (TPSA) is 41.5 Å². The number of amidine groups is 1. The molecular formula is C10H7F3N2OS. The minimum Gasteiger partial charge on any atom is -0.304 e. The van der Waals surface area contributed by atoms with Crippen LogP contribution in [0.2, 0.25) is 0 Å². The highest BCUT2D eigenvalue weighted by molar-refractivity contribution is 8.15. The summed E-state index contributed by atoms with van der Waals surface area (Å²) in [6.45, 7) is 0. The van der Waals surface area contributed by atoms with Crippen LogP contribution in [-0.4, -0.2) is 16.8 Å². The maximum atomic E-state index is 12.3. The van der Waals surface area contributed by atoms with Crippen LogP contribution in [0.4, 0.5) is 18.9 Å². The summed E-state index contributed by atoms with van der Waals surface area (Å²) < 4.78 is 36.8. The number of benzene rings is 1. The van der Waals surface area contributed by atoms with Crippen LogP contribution < -0.4 is 5.32 Å². The monoisotopic (exact) mass is 260 g/mol. The normalized spacial score (nSPS) is 18.5. The summed E-state index contributed by atoms with van der Waals surface area (Å²) in [5.41, 5.74) is -0.340. The van der Waals surface area contributed by atoms with Crippen molar-refractivity contribution in [2.24, 2.45) is 4.99 Å². The molecule has 2 rings (SSSR count). The van der Waals surface area contributed by atoms with Crippen molar-refractivity contribution in [3.8, 4) is 0 Å². The number of carbonyl (C=O) groups excluding carboxylic acids is 1. The smallest absolute Gasteiger partial charge is 0.304 e. The molecule has 0 radical (unpaired) electrons. The first kappa shape index (κ1) is 12.0. The van der Waals surface area contributed by atoms with Gasteiger partial charge in [-0.15, -0.1) is 0 Å². The molecule has 3 nitrogen and oxygen atoms in total. The summed E-state index contributed by atoms with van der Waals surface area (Å²) >= 11 is 1.22. The number of nitrogens with zero attached hydrogens (tertiary/aromatic N) is 1. The van der Waals surface area contributed by atoms with E-state index < -0.39 is 11.7 Å². The quantitative estimate of drug-likeness (QED) is 0.843. The Labute approximate surface area is 99.1 Å². The molecule has 0 aromatic heterocycles. The zero-order chi connectivity index (χ0) is 12.5.